The average molecular weight is 256 g/mol. The molecule has 0 aromatic heterocycles. The van der Waals surface area contributed by atoms with E-state index in [4.69, 9.17) is 0 Å². The van der Waals surface area contributed by atoms with Crippen molar-refractivity contribution in [2.24, 2.45) is 5.10 Å². The van der Waals surface area contributed by atoms with E-state index in [1.165, 1.54) is 0 Å². The van der Waals surface area contributed by atoms with Crippen molar-refractivity contribution in [1.82, 2.24) is 5.43 Å². The molecule has 2 rings (SSSR count). The molecule has 98 valence electrons. The molecule has 19 heavy (non-hydrogen) atoms. The molecular weight excluding hydrogens is 240 g/mol. The van der Waals surface area contributed by atoms with Crippen LogP contribution in [0.1, 0.15) is 30.6 Å². The van der Waals surface area contributed by atoms with Crippen molar-refractivity contribution in [3.05, 3.63) is 42.0 Å². The largest absolute Gasteiger partial charge is 0.506 e. The first kappa shape index (κ1) is 13.1. The lowest BCUT2D eigenvalue weighted by Gasteiger charge is -2.07. The average Bonchev–Trinajstić information content (AvgIpc) is 2.45. The van der Waals surface area contributed by atoms with Crippen LogP contribution in [-0.2, 0) is 0 Å². The minimum absolute atomic E-state index is 0.0139. The van der Waals surface area contributed by atoms with Gasteiger partial charge in [0.15, 0.2) is 0 Å². The Morgan fingerprint density at radius 1 is 1.26 bits per heavy atom. The number of carbonyl (C=O) groups excluding carboxylic acids is 1. The number of hydrogen-bond acceptors (Lipinski definition) is 3. The van der Waals surface area contributed by atoms with Crippen molar-refractivity contribution in [2.45, 2.75) is 20.3 Å². The Kier molecular flexibility index (Phi) is 3.80. The number of rotatable bonds is 3. The highest BCUT2D eigenvalue weighted by molar-refractivity contribution is 6.03. The minimum atomic E-state index is -0.406. The fourth-order valence-electron chi connectivity index (χ4n) is 1.72. The van der Waals surface area contributed by atoms with E-state index in [0.29, 0.717) is 5.39 Å². The number of aromatic hydroxyl groups is 1. The van der Waals surface area contributed by atoms with Gasteiger partial charge in [0.1, 0.15) is 5.75 Å². The summed E-state index contributed by atoms with van der Waals surface area (Å²) in [6.45, 7) is 3.79. The molecule has 1 amide bonds. The monoisotopic (exact) mass is 256 g/mol. The van der Waals surface area contributed by atoms with E-state index in [1.807, 2.05) is 32.0 Å². The van der Waals surface area contributed by atoms with Crippen molar-refractivity contribution >= 4 is 22.4 Å². The van der Waals surface area contributed by atoms with Crippen LogP contribution in [0.25, 0.3) is 10.8 Å². The van der Waals surface area contributed by atoms with Gasteiger partial charge in [-0.15, -0.1) is 0 Å². The Morgan fingerprint density at radius 3 is 2.74 bits per heavy atom. The van der Waals surface area contributed by atoms with Crippen LogP contribution in [0.2, 0.25) is 0 Å². The summed E-state index contributed by atoms with van der Waals surface area (Å²) in [4.78, 5) is 12.0. The Hall–Kier alpha value is -2.36. The molecule has 0 atom stereocenters. The van der Waals surface area contributed by atoms with E-state index in [2.05, 4.69) is 10.5 Å². The first-order valence-electron chi connectivity index (χ1n) is 6.17. The number of amides is 1. The van der Waals surface area contributed by atoms with Gasteiger partial charge < -0.3 is 5.11 Å². The second-order valence-electron chi connectivity index (χ2n) is 4.32. The molecule has 0 spiro atoms. The number of phenolic OH excluding ortho intramolecular Hbond substituents is 1. The zero-order valence-electron chi connectivity index (χ0n) is 11.0. The van der Waals surface area contributed by atoms with E-state index in [9.17, 15) is 9.90 Å². The standard InChI is InChI=1S/C15H16N2O2/c1-3-10(2)16-17-15(19)13-9-8-11-6-4-5-7-12(11)14(13)18/h4-9,18H,3H2,1-2H3,(H,17,19)/b16-10+. The molecule has 0 fully saturated rings. The SMILES string of the molecule is CC/C(C)=N/NC(=O)c1ccc2ccccc2c1O. The van der Waals surface area contributed by atoms with Crippen molar-refractivity contribution < 1.29 is 9.90 Å². The lowest BCUT2D eigenvalue weighted by atomic mass is 10.1. The van der Waals surface area contributed by atoms with Gasteiger partial charge in [0.25, 0.3) is 5.91 Å². The van der Waals surface area contributed by atoms with Crippen LogP contribution < -0.4 is 5.43 Å². The lowest BCUT2D eigenvalue weighted by Crippen LogP contribution is -2.19. The molecule has 0 bridgehead atoms. The third-order valence-corrected chi connectivity index (χ3v) is 3.01. The van der Waals surface area contributed by atoms with Gasteiger partial charge in [-0.3, -0.25) is 4.79 Å². The van der Waals surface area contributed by atoms with Gasteiger partial charge in [-0.25, -0.2) is 5.43 Å². The van der Waals surface area contributed by atoms with Gasteiger partial charge in [0.05, 0.1) is 5.56 Å². The summed E-state index contributed by atoms with van der Waals surface area (Å²) in [5.41, 5.74) is 3.50. The number of hydrazone groups is 1. The van der Waals surface area contributed by atoms with Gasteiger partial charge in [-0.2, -0.15) is 5.10 Å². The number of nitrogens with zero attached hydrogens (tertiary/aromatic N) is 1. The smallest absolute Gasteiger partial charge is 0.275 e. The quantitative estimate of drug-likeness (QED) is 0.655. The maximum absolute atomic E-state index is 12.0. The fraction of sp³-hybridized carbons (Fsp3) is 0.200. The third-order valence-electron chi connectivity index (χ3n) is 3.01. The number of nitrogens with one attached hydrogen (secondary N) is 1. The molecule has 0 saturated carbocycles. The molecule has 0 radical (unpaired) electrons. The van der Waals surface area contributed by atoms with E-state index in [1.54, 1.807) is 18.2 Å². The molecule has 4 heteroatoms. The predicted molar refractivity (Wildman–Crippen MR) is 76.5 cm³/mol. The summed E-state index contributed by atoms with van der Waals surface area (Å²) >= 11 is 0. The van der Waals surface area contributed by atoms with Crippen LogP contribution in [-0.4, -0.2) is 16.7 Å². The second kappa shape index (κ2) is 5.52. The summed E-state index contributed by atoms with van der Waals surface area (Å²) in [5.74, 6) is -0.420. The topological polar surface area (TPSA) is 61.7 Å². The van der Waals surface area contributed by atoms with Crippen molar-refractivity contribution in [3.63, 3.8) is 0 Å². The number of benzene rings is 2. The zero-order valence-corrected chi connectivity index (χ0v) is 11.0. The van der Waals surface area contributed by atoms with Crippen LogP contribution in [0.15, 0.2) is 41.5 Å². The molecule has 2 aromatic carbocycles. The normalized spacial score (nSPS) is 11.6. The highest BCUT2D eigenvalue weighted by Crippen LogP contribution is 2.28. The number of phenols is 1. The van der Waals surface area contributed by atoms with E-state index >= 15 is 0 Å². The van der Waals surface area contributed by atoms with Gasteiger partial charge in [-0.1, -0.05) is 37.3 Å². The maximum atomic E-state index is 12.0. The molecular formula is C15H16N2O2. The fourth-order valence-corrected chi connectivity index (χ4v) is 1.72. The number of carbonyl (C=O) groups is 1. The summed E-state index contributed by atoms with van der Waals surface area (Å²) in [7, 11) is 0. The van der Waals surface area contributed by atoms with Gasteiger partial charge in [-0.05, 0) is 24.8 Å². The summed E-state index contributed by atoms with van der Waals surface area (Å²) < 4.78 is 0. The first-order chi connectivity index (χ1) is 9.13. The Balaban J connectivity index is 2.35. The van der Waals surface area contributed by atoms with Crippen LogP contribution in [0.5, 0.6) is 5.75 Å². The minimum Gasteiger partial charge on any atom is -0.506 e. The second-order valence-corrected chi connectivity index (χ2v) is 4.32. The van der Waals surface area contributed by atoms with Crippen LogP contribution >= 0.6 is 0 Å². The van der Waals surface area contributed by atoms with Crippen LogP contribution in [0, 0.1) is 0 Å². The van der Waals surface area contributed by atoms with E-state index in [0.717, 1.165) is 17.5 Å². The molecule has 0 heterocycles. The highest BCUT2D eigenvalue weighted by Gasteiger charge is 2.12. The van der Waals surface area contributed by atoms with Gasteiger partial charge in [0, 0.05) is 11.1 Å². The summed E-state index contributed by atoms with van der Waals surface area (Å²) in [6.07, 6.45) is 0.768. The van der Waals surface area contributed by atoms with Crippen LogP contribution in [0.3, 0.4) is 0 Å². The molecule has 0 saturated heterocycles. The Labute approximate surface area is 111 Å². The lowest BCUT2D eigenvalue weighted by molar-refractivity contribution is 0.0952. The molecule has 2 N–H and O–H groups in total. The molecule has 4 nitrogen and oxygen atoms in total. The first-order valence-corrected chi connectivity index (χ1v) is 6.17. The zero-order chi connectivity index (χ0) is 13.8. The van der Waals surface area contributed by atoms with Gasteiger partial charge in [0.2, 0.25) is 0 Å². The van der Waals surface area contributed by atoms with E-state index in [-0.39, 0.29) is 11.3 Å². The molecule has 0 aliphatic heterocycles. The van der Waals surface area contributed by atoms with Crippen molar-refractivity contribution in [1.29, 1.82) is 0 Å². The van der Waals surface area contributed by atoms with E-state index < -0.39 is 5.91 Å². The molecule has 0 aliphatic rings. The highest BCUT2D eigenvalue weighted by atomic mass is 16.3. The Morgan fingerprint density at radius 2 is 2.00 bits per heavy atom. The molecule has 0 unspecified atom stereocenters. The summed E-state index contributed by atoms with van der Waals surface area (Å²) in [5, 5.41) is 15.6. The predicted octanol–water partition coefficient (Wildman–Crippen LogP) is 3.06. The Bertz CT molecular complexity index is 648. The van der Waals surface area contributed by atoms with Crippen molar-refractivity contribution in [2.75, 3.05) is 0 Å². The molecule has 2 aromatic rings. The summed E-state index contributed by atoms with van der Waals surface area (Å²) in [6, 6.07) is 10.8. The number of fused-ring (bicyclic) bond motifs is 1. The van der Waals surface area contributed by atoms with Gasteiger partial charge >= 0.3 is 0 Å². The van der Waals surface area contributed by atoms with Crippen molar-refractivity contribution in [3.8, 4) is 5.75 Å². The third kappa shape index (κ3) is 2.73. The van der Waals surface area contributed by atoms with Crippen LogP contribution in [0.4, 0.5) is 0 Å². The number of hydrogen-bond donors (Lipinski definition) is 2. The maximum Gasteiger partial charge on any atom is 0.275 e. The molecule has 0 aliphatic carbocycles.